The van der Waals surface area contributed by atoms with E-state index in [0.29, 0.717) is 11.9 Å². The fourth-order valence-electron chi connectivity index (χ4n) is 3.14. The van der Waals surface area contributed by atoms with Crippen molar-refractivity contribution in [3.8, 4) is 11.3 Å². The standard InChI is InChI=1S/C18H25N7O/c19-17-22-12-14(16(23-17)11-13-1-2-13)15-3-4-20-18(24-15)21-5-6-25-7-9-26-10-8-25/h3-4,12-13H,1-2,5-11H2,(H2,19,22,23)(H,20,21,24). The smallest absolute Gasteiger partial charge is 0.223 e. The van der Waals surface area contributed by atoms with Gasteiger partial charge in [-0.1, -0.05) is 0 Å². The summed E-state index contributed by atoms with van der Waals surface area (Å²) in [6.07, 6.45) is 7.02. The van der Waals surface area contributed by atoms with Gasteiger partial charge in [-0.15, -0.1) is 0 Å². The number of aromatic nitrogens is 4. The molecule has 0 radical (unpaired) electrons. The molecular formula is C18H25N7O. The van der Waals surface area contributed by atoms with Crippen LogP contribution in [-0.4, -0.2) is 64.2 Å². The number of nitrogens with one attached hydrogen (secondary N) is 1. The van der Waals surface area contributed by atoms with Gasteiger partial charge in [0.25, 0.3) is 0 Å². The highest BCUT2D eigenvalue weighted by molar-refractivity contribution is 5.62. The number of morpholine rings is 1. The van der Waals surface area contributed by atoms with Crippen molar-refractivity contribution >= 4 is 11.9 Å². The molecule has 0 aromatic carbocycles. The summed E-state index contributed by atoms with van der Waals surface area (Å²) >= 11 is 0. The van der Waals surface area contributed by atoms with E-state index in [0.717, 1.165) is 68.7 Å². The minimum atomic E-state index is 0.322. The van der Waals surface area contributed by atoms with Crippen molar-refractivity contribution in [2.45, 2.75) is 19.3 Å². The third-order valence-electron chi connectivity index (χ3n) is 4.81. The van der Waals surface area contributed by atoms with Crippen LogP contribution in [0.3, 0.4) is 0 Å². The normalized spacial score (nSPS) is 18.0. The van der Waals surface area contributed by atoms with Gasteiger partial charge in [0.2, 0.25) is 11.9 Å². The number of nitrogen functional groups attached to an aromatic ring is 1. The largest absolute Gasteiger partial charge is 0.379 e. The lowest BCUT2D eigenvalue weighted by Gasteiger charge is -2.26. The maximum Gasteiger partial charge on any atom is 0.223 e. The topological polar surface area (TPSA) is 102 Å². The maximum atomic E-state index is 5.79. The van der Waals surface area contributed by atoms with Gasteiger partial charge in [-0.2, -0.15) is 0 Å². The van der Waals surface area contributed by atoms with Crippen molar-refractivity contribution in [1.82, 2.24) is 24.8 Å². The molecule has 3 heterocycles. The fourth-order valence-corrected chi connectivity index (χ4v) is 3.14. The molecule has 1 aliphatic carbocycles. The average Bonchev–Trinajstić information content (AvgIpc) is 3.47. The molecule has 8 heteroatoms. The Morgan fingerprint density at radius 1 is 1.19 bits per heavy atom. The molecule has 0 spiro atoms. The number of hydrogen-bond acceptors (Lipinski definition) is 8. The molecule has 2 aromatic heterocycles. The van der Waals surface area contributed by atoms with E-state index < -0.39 is 0 Å². The molecule has 2 fully saturated rings. The van der Waals surface area contributed by atoms with E-state index in [1.165, 1.54) is 12.8 Å². The Morgan fingerprint density at radius 2 is 2.04 bits per heavy atom. The van der Waals surface area contributed by atoms with Crippen LogP contribution in [0.2, 0.25) is 0 Å². The summed E-state index contributed by atoms with van der Waals surface area (Å²) in [7, 11) is 0. The van der Waals surface area contributed by atoms with Crippen LogP contribution < -0.4 is 11.1 Å². The zero-order valence-electron chi connectivity index (χ0n) is 14.9. The third-order valence-corrected chi connectivity index (χ3v) is 4.81. The molecule has 8 nitrogen and oxygen atoms in total. The van der Waals surface area contributed by atoms with Gasteiger partial charge in [0, 0.05) is 44.1 Å². The minimum absolute atomic E-state index is 0.322. The quantitative estimate of drug-likeness (QED) is 0.764. The number of nitrogens with two attached hydrogens (primary N) is 1. The van der Waals surface area contributed by atoms with Gasteiger partial charge in [-0.25, -0.2) is 19.9 Å². The van der Waals surface area contributed by atoms with Gasteiger partial charge in [0.15, 0.2) is 0 Å². The lowest BCUT2D eigenvalue weighted by atomic mass is 10.1. The van der Waals surface area contributed by atoms with E-state index in [9.17, 15) is 0 Å². The van der Waals surface area contributed by atoms with Crippen molar-refractivity contribution in [3.05, 3.63) is 24.2 Å². The Morgan fingerprint density at radius 3 is 2.85 bits per heavy atom. The number of ether oxygens (including phenoxy) is 1. The van der Waals surface area contributed by atoms with Crippen molar-refractivity contribution in [1.29, 1.82) is 0 Å². The Balaban J connectivity index is 1.43. The summed E-state index contributed by atoms with van der Waals surface area (Å²) in [6.45, 7) is 5.34. The van der Waals surface area contributed by atoms with E-state index >= 15 is 0 Å². The number of rotatable bonds is 7. The molecule has 4 rings (SSSR count). The highest BCUT2D eigenvalue weighted by atomic mass is 16.5. The molecule has 2 aromatic rings. The van der Waals surface area contributed by atoms with Crippen molar-refractivity contribution in [2.24, 2.45) is 5.92 Å². The monoisotopic (exact) mass is 355 g/mol. The zero-order chi connectivity index (χ0) is 17.8. The second-order valence-corrected chi connectivity index (χ2v) is 6.88. The Bertz CT molecular complexity index is 744. The molecule has 1 aliphatic heterocycles. The highest BCUT2D eigenvalue weighted by Crippen LogP contribution is 2.34. The van der Waals surface area contributed by atoms with Crippen molar-refractivity contribution in [3.63, 3.8) is 0 Å². The van der Waals surface area contributed by atoms with Crippen LogP contribution in [0.15, 0.2) is 18.5 Å². The summed E-state index contributed by atoms with van der Waals surface area (Å²) in [5.74, 6) is 1.67. The molecule has 138 valence electrons. The first-order chi connectivity index (χ1) is 12.8. The summed E-state index contributed by atoms with van der Waals surface area (Å²) < 4.78 is 5.37. The van der Waals surface area contributed by atoms with Gasteiger partial charge in [-0.05, 0) is 31.2 Å². The average molecular weight is 355 g/mol. The van der Waals surface area contributed by atoms with Gasteiger partial charge in [0.05, 0.1) is 24.6 Å². The molecule has 0 bridgehead atoms. The maximum absolute atomic E-state index is 5.79. The van der Waals surface area contributed by atoms with Crippen molar-refractivity contribution < 1.29 is 4.74 Å². The molecule has 0 unspecified atom stereocenters. The van der Waals surface area contributed by atoms with Crippen LogP contribution in [-0.2, 0) is 11.2 Å². The van der Waals surface area contributed by atoms with E-state index in [2.05, 4.69) is 30.2 Å². The van der Waals surface area contributed by atoms with E-state index in [4.69, 9.17) is 10.5 Å². The predicted molar refractivity (Wildman–Crippen MR) is 99.6 cm³/mol. The van der Waals surface area contributed by atoms with E-state index in [1.54, 1.807) is 12.4 Å². The van der Waals surface area contributed by atoms with Crippen molar-refractivity contribution in [2.75, 3.05) is 50.4 Å². The second-order valence-electron chi connectivity index (χ2n) is 6.88. The summed E-state index contributed by atoms with van der Waals surface area (Å²) in [5.41, 5.74) is 8.56. The SMILES string of the molecule is Nc1ncc(-c2ccnc(NCCN3CCOCC3)n2)c(CC2CC2)n1. The van der Waals surface area contributed by atoms with Gasteiger partial charge in [0.1, 0.15) is 0 Å². The minimum Gasteiger partial charge on any atom is -0.379 e. The number of hydrogen-bond donors (Lipinski definition) is 2. The molecule has 3 N–H and O–H groups in total. The number of anilines is 2. The molecule has 0 atom stereocenters. The van der Waals surface area contributed by atoms with Gasteiger partial charge >= 0.3 is 0 Å². The summed E-state index contributed by atoms with van der Waals surface area (Å²) in [5, 5.41) is 3.32. The first-order valence-electron chi connectivity index (χ1n) is 9.27. The highest BCUT2D eigenvalue weighted by Gasteiger charge is 2.24. The van der Waals surface area contributed by atoms with Gasteiger partial charge in [-0.3, -0.25) is 4.90 Å². The molecule has 26 heavy (non-hydrogen) atoms. The lowest BCUT2D eigenvalue weighted by molar-refractivity contribution is 0.0398. The molecule has 0 amide bonds. The van der Waals surface area contributed by atoms with Crippen LogP contribution in [0.5, 0.6) is 0 Å². The molecule has 1 saturated heterocycles. The Labute approximate surface area is 153 Å². The predicted octanol–water partition coefficient (Wildman–Crippen LogP) is 1.21. The third kappa shape index (κ3) is 4.44. The lowest BCUT2D eigenvalue weighted by Crippen LogP contribution is -2.39. The van der Waals surface area contributed by atoms with E-state index in [-0.39, 0.29) is 0 Å². The van der Waals surface area contributed by atoms with Crippen LogP contribution in [0.1, 0.15) is 18.5 Å². The number of nitrogens with zero attached hydrogens (tertiary/aromatic N) is 5. The summed E-state index contributed by atoms with van der Waals surface area (Å²) in [4.78, 5) is 20.0. The first kappa shape index (κ1) is 17.1. The van der Waals surface area contributed by atoms with Crippen LogP contribution in [0.25, 0.3) is 11.3 Å². The molecule has 2 aliphatic rings. The van der Waals surface area contributed by atoms with Gasteiger partial charge < -0.3 is 15.8 Å². The zero-order valence-corrected chi connectivity index (χ0v) is 14.9. The second kappa shape index (κ2) is 7.92. The van der Waals surface area contributed by atoms with Crippen LogP contribution in [0.4, 0.5) is 11.9 Å². The van der Waals surface area contributed by atoms with Crippen LogP contribution >= 0.6 is 0 Å². The Kier molecular flexibility index (Phi) is 5.21. The molecule has 1 saturated carbocycles. The summed E-state index contributed by atoms with van der Waals surface area (Å²) in [6, 6.07) is 1.90. The first-order valence-corrected chi connectivity index (χ1v) is 9.27. The molecular weight excluding hydrogens is 330 g/mol. The Hall–Kier alpha value is -2.32. The van der Waals surface area contributed by atoms with Crippen LogP contribution in [0, 0.1) is 5.92 Å². The van der Waals surface area contributed by atoms with E-state index in [1.807, 2.05) is 6.07 Å². The fraction of sp³-hybridized carbons (Fsp3) is 0.556.